The van der Waals surface area contributed by atoms with Crippen molar-refractivity contribution in [1.82, 2.24) is 4.98 Å². The fraction of sp³-hybridized carbons (Fsp3) is 0.143. The molecule has 2 nitrogen and oxygen atoms in total. The molecule has 6 heteroatoms. The first-order chi connectivity index (χ1) is 5.95. The normalized spacial score (nSPS) is 11.4. The number of halogens is 4. The highest BCUT2D eigenvalue weighted by Gasteiger charge is 2.36. The lowest BCUT2D eigenvalue weighted by Crippen LogP contribution is -2.12. The fourth-order valence-electron chi connectivity index (χ4n) is 0.722. The monoisotopic (exact) mass is 193 g/mol. The van der Waals surface area contributed by atoms with Crippen molar-refractivity contribution in [3.8, 4) is 0 Å². The number of rotatable bonds is 1. The van der Waals surface area contributed by atoms with E-state index in [4.69, 9.17) is 0 Å². The lowest BCUT2D eigenvalue weighted by atomic mass is 10.3. The van der Waals surface area contributed by atoms with Gasteiger partial charge in [-0.05, 0) is 12.1 Å². The van der Waals surface area contributed by atoms with Gasteiger partial charge in [0.25, 0.3) is 0 Å². The van der Waals surface area contributed by atoms with Crippen molar-refractivity contribution in [2.45, 2.75) is 6.18 Å². The van der Waals surface area contributed by atoms with E-state index >= 15 is 0 Å². The Hall–Kier alpha value is -1.46. The van der Waals surface area contributed by atoms with Gasteiger partial charge in [-0.2, -0.15) is 13.2 Å². The van der Waals surface area contributed by atoms with Crippen LogP contribution in [0.5, 0.6) is 0 Å². The van der Waals surface area contributed by atoms with Crippen molar-refractivity contribution in [3.63, 3.8) is 0 Å². The van der Waals surface area contributed by atoms with Crippen molar-refractivity contribution < 1.29 is 22.4 Å². The van der Waals surface area contributed by atoms with Crippen LogP contribution >= 0.6 is 0 Å². The van der Waals surface area contributed by atoms with E-state index in [1.54, 1.807) is 0 Å². The van der Waals surface area contributed by atoms with Gasteiger partial charge in [-0.1, -0.05) is 0 Å². The van der Waals surface area contributed by atoms with Gasteiger partial charge in [0.1, 0.15) is 5.69 Å². The first-order valence-electron chi connectivity index (χ1n) is 3.14. The van der Waals surface area contributed by atoms with Gasteiger partial charge in [0.05, 0.1) is 0 Å². The molecule has 0 aliphatic carbocycles. The summed E-state index contributed by atoms with van der Waals surface area (Å²) in [5.74, 6) is -1.49. The molecule has 0 aliphatic rings. The van der Waals surface area contributed by atoms with Crippen LogP contribution in [0.2, 0.25) is 0 Å². The van der Waals surface area contributed by atoms with E-state index in [1.807, 2.05) is 0 Å². The SMILES string of the molecule is O=Cc1ccc(F)c(C(F)(F)F)n1. The van der Waals surface area contributed by atoms with Gasteiger partial charge in [0.2, 0.25) is 0 Å². The molecule has 0 aromatic carbocycles. The van der Waals surface area contributed by atoms with E-state index in [9.17, 15) is 22.4 Å². The number of carbonyl (C=O) groups excluding carboxylic acids is 1. The average Bonchev–Trinajstić information content (AvgIpc) is 2.03. The molecule has 1 rings (SSSR count). The highest BCUT2D eigenvalue weighted by Crippen LogP contribution is 2.29. The van der Waals surface area contributed by atoms with Crippen LogP contribution in [0.1, 0.15) is 16.2 Å². The molecule has 0 aliphatic heterocycles. The van der Waals surface area contributed by atoms with Crippen LogP contribution < -0.4 is 0 Å². The topological polar surface area (TPSA) is 30.0 Å². The minimum absolute atomic E-state index is 0.120. The zero-order valence-corrected chi connectivity index (χ0v) is 6.10. The average molecular weight is 193 g/mol. The van der Waals surface area contributed by atoms with E-state index in [-0.39, 0.29) is 6.29 Å². The number of nitrogens with zero attached hydrogens (tertiary/aromatic N) is 1. The Morgan fingerprint density at radius 3 is 2.38 bits per heavy atom. The third-order valence-electron chi connectivity index (χ3n) is 1.26. The Morgan fingerprint density at radius 2 is 1.92 bits per heavy atom. The third kappa shape index (κ3) is 2.01. The predicted molar refractivity (Wildman–Crippen MR) is 34.6 cm³/mol. The highest BCUT2D eigenvalue weighted by molar-refractivity contribution is 5.71. The number of aromatic nitrogens is 1. The second-order valence-corrected chi connectivity index (χ2v) is 2.18. The van der Waals surface area contributed by atoms with E-state index in [0.717, 1.165) is 6.07 Å². The number of aldehydes is 1. The highest BCUT2D eigenvalue weighted by atomic mass is 19.4. The maximum absolute atomic E-state index is 12.5. The molecule has 0 bridgehead atoms. The van der Waals surface area contributed by atoms with Crippen LogP contribution in [0.3, 0.4) is 0 Å². The lowest BCUT2D eigenvalue weighted by Gasteiger charge is -2.06. The van der Waals surface area contributed by atoms with E-state index < -0.39 is 23.4 Å². The second kappa shape index (κ2) is 3.12. The third-order valence-corrected chi connectivity index (χ3v) is 1.26. The summed E-state index contributed by atoms with van der Waals surface area (Å²) in [6.45, 7) is 0. The van der Waals surface area contributed by atoms with Crippen molar-refractivity contribution in [2.24, 2.45) is 0 Å². The minimum Gasteiger partial charge on any atom is -0.296 e. The van der Waals surface area contributed by atoms with Crippen LogP contribution in [-0.2, 0) is 6.18 Å². The molecule has 70 valence electrons. The molecule has 0 radical (unpaired) electrons. The summed E-state index contributed by atoms with van der Waals surface area (Å²) in [6, 6.07) is 1.43. The number of carbonyl (C=O) groups is 1. The second-order valence-electron chi connectivity index (χ2n) is 2.18. The fourth-order valence-corrected chi connectivity index (χ4v) is 0.722. The summed E-state index contributed by atoms with van der Waals surface area (Å²) in [5.41, 5.74) is -2.12. The number of hydrogen-bond acceptors (Lipinski definition) is 2. The van der Waals surface area contributed by atoms with Gasteiger partial charge in [-0.15, -0.1) is 0 Å². The summed E-state index contributed by atoms with van der Waals surface area (Å²) in [6.07, 6.45) is -4.75. The summed E-state index contributed by atoms with van der Waals surface area (Å²) in [7, 11) is 0. The number of hydrogen-bond donors (Lipinski definition) is 0. The summed E-state index contributed by atoms with van der Waals surface area (Å²) in [5, 5.41) is 0. The van der Waals surface area contributed by atoms with Gasteiger partial charge >= 0.3 is 6.18 Å². The molecule has 0 spiro atoms. The molecule has 0 N–H and O–H groups in total. The zero-order valence-electron chi connectivity index (χ0n) is 6.10. The van der Waals surface area contributed by atoms with E-state index in [0.29, 0.717) is 6.07 Å². The van der Waals surface area contributed by atoms with Crippen molar-refractivity contribution >= 4 is 6.29 Å². The number of alkyl halides is 3. The maximum Gasteiger partial charge on any atom is 0.436 e. The molecule has 0 amide bonds. The van der Waals surface area contributed by atoms with Crippen LogP contribution in [0.4, 0.5) is 17.6 Å². The molecular weight excluding hydrogens is 190 g/mol. The smallest absolute Gasteiger partial charge is 0.296 e. The van der Waals surface area contributed by atoms with Gasteiger partial charge in [0, 0.05) is 0 Å². The minimum atomic E-state index is -4.87. The Morgan fingerprint density at radius 1 is 1.31 bits per heavy atom. The maximum atomic E-state index is 12.5. The molecule has 0 unspecified atom stereocenters. The molecule has 0 atom stereocenters. The zero-order chi connectivity index (χ0) is 10.1. The largest absolute Gasteiger partial charge is 0.436 e. The molecule has 1 aromatic rings. The summed E-state index contributed by atoms with van der Waals surface area (Å²) < 4.78 is 48.3. The van der Waals surface area contributed by atoms with Crippen molar-refractivity contribution in [1.29, 1.82) is 0 Å². The van der Waals surface area contributed by atoms with E-state index in [2.05, 4.69) is 4.98 Å². The number of pyridine rings is 1. The van der Waals surface area contributed by atoms with Gasteiger partial charge < -0.3 is 0 Å². The Labute approximate surface area is 70.2 Å². The molecule has 1 heterocycles. The summed E-state index contributed by atoms with van der Waals surface area (Å²) in [4.78, 5) is 12.8. The van der Waals surface area contributed by atoms with E-state index in [1.165, 1.54) is 0 Å². The lowest BCUT2D eigenvalue weighted by molar-refractivity contribution is -0.143. The standard InChI is InChI=1S/C7H3F4NO/c8-5-2-1-4(3-13)12-6(5)7(9,10)11/h1-3H. The Bertz CT molecular complexity index is 334. The quantitative estimate of drug-likeness (QED) is 0.504. The van der Waals surface area contributed by atoms with Gasteiger partial charge in [-0.25, -0.2) is 9.37 Å². The van der Waals surface area contributed by atoms with Crippen LogP contribution in [0.15, 0.2) is 12.1 Å². The van der Waals surface area contributed by atoms with Crippen LogP contribution in [0.25, 0.3) is 0 Å². The first kappa shape index (κ1) is 9.63. The van der Waals surface area contributed by atoms with Gasteiger partial charge in [-0.3, -0.25) is 4.79 Å². The molecule has 1 aromatic heterocycles. The molecule has 13 heavy (non-hydrogen) atoms. The molecule has 0 saturated heterocycles. The van der Waals surface area contributed by atoms with Crippen LogP contribution in [-0.4, -0.2) is 11.3 Å². The molecule has 0 fully saturated rings. The van der Waals surface area contributed by atoms with Crippen LogP contribution in [0, 0.1) is 5.82 Å². The first-order valence-corrected chi connectivity index (χ1v) is 3.14. The molecular formula is C7H3F4NO. The summed E-state index contributed by atoms with van der Waals surface area (Å²) >= 11 is 0. The Kier molecular flexibility index (Phi) is 2.31. The predicted octanol–water partition coefficient (Wildman–Crippen LogP) is 2.05. The van der Waals surface area contributed by atoms with Crippen molar-refractivity contribution in [2.75, 3.05) is 0 Å². The Balaban J connectivity index is 3.27. The van der Waals surface area contributed by atoms with Gasteiger partial charge in [0.15, 0.2) is 17.8 Å². The van der Waals surface area contributed by atoms with Crippen molar-refractivity contribution in [3.05, 3.63) is 29.3 Å². The molecule has 0 saturated carbocycles.